The number of Topliss-reactive ketones (excluding diaryl/α,β-unsaturated/α-hetero) is 1. The molecule has 3 bridgehead atoms. The van der Waals surface area contributed by atoms with Crippen LogP contribution in [-0.4, -0.2) is 69.1 Å². The van der Waals surface area contributed by atoms with Crippen LogP contribution in [0, 0.1) is 11.3 Å². The van der Waals surface area contributed by atoms with Crippen molar-refractivity contribution in [2.45, 2.75) is 94.5 Å². The second-order valence-corrected chi connectivity index (χ2v) is 14.0. The fourth-order valence-electron chi connectivity index (χ4n) is 10.3. The minimum absolute atomic E-state index is 0.0000425. The topological polar surface area (TPSA) is 61.5 Å². The SMILES string of the molecule is O=C1CC[C@H]2C[C@@]34CN5CCCC/C=C\CC[C@]6(O[C@H](CC1)N2[C@H]36)C(c1nccc2c1[nH]c1ccccc12)=C[C@H]4CC5. The van der Waals surface area contributed by atoms with E-state index < -0.39 is 5.60 Å². The molecule has 1 aliphatic carbocycles. The molecule has 0 amide bonds. The number of piperidine rings is 1. The maximum atomic E-state index is 12.9. The first-order valence-corrected chi connectivity index (χ1v) is 16.6. The van der Waals surface area contributed by atoms with E-state index in [1.807, 2.05) is 6.20 Å². The van der Waals surface area contributed by atoms with Crippen LogP contribution in [0.25, 0.3) is 27.4 Å². The number of hydrogen-bond acceptors (Lipinski definition) is 5. The number of carbonyl (C=O) groups is 1. The van der Waals surface area contributed by atoms with Gasteiger partial charge in [0.25, 0.3) is 0 Å². The van der Waals surface area contributed by atoms with Gasteiger partial charge in [0.1, 0.15) is 17.6 Å². The lowest BCUT2D eigenvalue weighted by Gasteiger charge is -2.56. The molecule has 218 valence electrons. The molecule has 0 saturated carbocycles. The number of nitrogens with zero attached hydrogens (tertiary/aromatic N) is 3. The quantitative estimate of drug-likeness (QED) is 0.338. The Morgan fingerprint density at radius 1 is 0.976 bits per heavy atom. The largest absolute Gasteiger partial charge is 0.353 e. The molecule has 7 atom stereocenters. The maximum absolute atomic E-state index is 12.9. The second-order valence-electron chi connectivity index (χ2n) is 14.0. The van der Waals surface area contributed by atoms with Gasteiger partial charge in [0.2, 0.25) is 0 Å². The van der Waals surface area contributed by atoms with Crippen molar-refractivity contribution < 1.29 is 9.53 Å². The van der Waals surface area contributed by atoms with Crippen LogP contribution in [0.4, 0.5) is 0 Å². The predicted octanol–water partition coefficient (Wildman–Crippen LogP) is 6.62. The number of aromatic nitrogens is 2. The molecule has 1 unspecified atom stereocenters. The maximum Gasteiger partial charge on any atom is 0.133 e. The number of hydrogen-bond donors (Lipinski definition) is 1. The molecule has 1 spiro atoms. The van der Waals surface area contributed by atoms with Crippen molar-refractivity contribution in [3.63, 3.8) is 0 Å². The summed E-state index contributed by atoms with van der Waals surface area (Å²) in [6.07, 6.45) is 20.7. The van der Waals surface area contributed by atoms with Crippen molar-refractivity contribution >= 4 is 33.2 Å². The number of benzene rings is 1. The number of carbonyl (C=O) groups excluding carboxylic acids is 1. The highest BCUT2D eigenvalue weighted by molar-refractivity contribution is 6.10. The van der Waals surface area contributed by atoms with E-state index >= 15 is 0 Å². The summed E-state index contributed by atoms with van der Waals surface area (Å²) in [6.45, 7) is 3.52. The van der Waals surface area contributed by atoms with Gasteiger partial charge in [0.05, 0.1) is 17.3 Å². The average molecular weight is 563 g/mol. The van der Waals surface area contributed by atoms with Gasteiger partial charge < -0.3 is 14.6 Å². The van der Waals surface area contributed by atoms with Gasteiger partial charge in [-0.2, -0.15) is 0 Å². The molecule has 6 nitrogen and oxygen atoms in total. The molecule has 1 N–H and O–H groups in total. The Labute approximate surface area is 248 Å². The summed E-state index contributed by atoms with van der Waals surface area (Å²) in [5, 5.41) is 2.49. The van der Waals surface area contributed by atoms with Gasteiger partial charge >= 0.3 is 0 Å². The van der Waals surface area contributed by atoms with Gasteiger partial charge in [0, 0.05) is 58.9 Å². The zero-order valence-electron chi connectivity index (χ0n) is 24.6. The first-order chi connectivity index (χ1) is 20.7. The molecule has 6 aliphatic rings. The summed E-state index contributed by atoms with van der Waals surface area (Å²) in [6, 6.07) is 11.5. The molecule has 3 aromatic rings. The zero-order chi connectivity index (χ0) is 27.9. The number of pyridine rings is 1. The lowest BCUT2D eigenvalue weighted by molar-refractivity contribution is -0.123. The van der Waals surface area contributed by atoms with Crippen molar-refractivity contribution in [1.29, 1.82) is 0 Å². The monoisotopic (exact) mass is 562 g/mol. The highest BCUT2D eigenvalue weighted by atomic mass is 16.5. The Hall–Kier alpha value is -2.80. The summed E-state index contributed by atoms with van der Waals surface area (Å²) in [5.74, 6) is 0.913. The van der Waals surface area contributed by atoms with Gasteiger partial charge in [0.15, 0.2) is 0 Å². The third-order valence-electron chi connectivity index (χ3n) is 11.9. The van der Waals surface area contributed by atoms with Crippen LogP contribution in [0.2, 0.25) is 0 Å². The van der Waals surface area contributed by atoms with Crippen molar-refractivity contribution in [3.05, 3.63) is 60.5 Å². The Bertz CT molecular complexity index is 1620. The van der Waals surface area contributed by atoms with Crippen LogP contribution in [-0.2, 0) is 9.53 Å². The third kappa shape index (κ3) is 3.61. The highest BCUT2D eigenvalue weighted by Gasteiger charge is 2.72. The molecule has 7 heterocycles. The molecule has 6 heteroatoms. The van der Waals surface area contributed by atoms with Crippen molar-refractivity contribution in [3.8, 4) is 0 Å². The summed E-state index contributed by atoms with van der Waals surface area (Å²) >= 11 is 0. The van der Waals surface area contributed by atoms with Crippen molar-refractivity contribution in [1.82, 2.24) is 19.8 Å². The lowest BCUT2D eigenvalue weighted by Crippen LogP contribution is -2.63. The number of allylic oxidation sites excluding steroid dienone is 3. The minimum atomic E-state index is -0.441. The van der Waals surface area contributed by atoms with Gasteiger partial charge in [-0.25, -0.2) is 0 Å². The normalized spacial score (nSPS) is 39.2. The third-order valence-corrected chi connectivity index (χ3v) is 11.9. The standard InChI is InChI=1S/C36H42N4O2/c41-26-12-11-25-22-35-23-39-19-8-4-2-1-3-7-17-36(34(35)40(25)31(42-36)14-13-26)29(21-24(35)16-20-39)33-32-28(15-18-37-33)27-9-5-6-10-30(27)38-32/h1,3,5-6,9-10,15,18,21,24-25,31,34,38H,2,4,7-8,11-14,16-17,19-20,22-23H2/b3-1-/t24-,25+,31-,34-,35+,36+/m1/s1. The van der Waals surface area contributed by atoms with E-state index in [2.05, 4.69) is 63.3 Å². The van der Waals surface area contributed by atoms with E-state index in [4.69, 9.17) is 9.72 Å². The van der Waals surface area contributed by atoms with E-state index in [-0.39, 0.29) is 11.6 Å². The van der Waals surface area contributed by atoms with Gasteiger partial charge in [-0.15, -0.1) is 0 Å². The number of aromatic amines is 1. The van der Waals surface area contributed by atoms with E-state index in [1.54, 1.807) is 0 Å². The number of rotatable bonds is 1. The molecule has 5 aliphatic heterocycles. The summed E-state index contributed by atoms with van der Waals surface area (Å²) in [5.41, 5.74) is 4.39. The van der Waals surface area contributed by atoms with E-state index in [0.29, 0.717) is 30.2 Å². The fourth-order valence-corrected chi connectivity index (χ4v) is 10.3. The molecule has 2 aromatic heterocycles. The number of nitrogens with one attached hydrogen (secondary N) is 1. The Kier molecular flexibility index (Phi) is 5.87. The number of H-pyrrole nitrogens is 1. The number of ether oxygens (including phenoxy) is 1. The van der Waals surface area contributed by atoms with Crippen molar-refractivity contribution in [2.24, 2.45) is 11.3 Å². The van der Waals surface area contributed by atoms with Crippen LogP contribution in [0.1, 0.15) is 76.3 Å². The molecule has 1 aromatic carbocycles. The van der Waals surface area contributed by atoms with Crippen LogP contribution in [0.15, 0.2) is 54.8 Å². The van der Waals surface area contributed by atoms with E-state index in [9.17, 15) is 4.79 Å². The Morgan fingerprint density at radius 2 is 1.88 bits per heavy atom. The van der Waals surface area contributed by atoms with Crippen molar-refractivity contribution in [2.75, 3.05) is 19.6 Å². The van der Waals surface area contributed by atoms with Crippen LogP contribution < -0.4 is 0 Å². The molecule has 4 fully saturated rings. The number of ketones is 1. The first kappa shape index (κ1) is 25.7. The smallest absolute Gasteiger partial charge is 0.133 e. The molecule has 9 rings (SSSR count). The van der Waals surface area contributed by atoms with Crippen LogP contribution >= 0.6 is 0 Å². The fraction of sp³-hybridized carbons (Fsp3) is 0.556. The van der Waals surface area contributed by atoms with Crippen LogP contribution in [0.3, 0.4) is 0 Å². The minimum Gasteiger partial charge on any atom is -0.353 e. The van der Waals surface area contributed by atoms with Gasteiger partial charge in [-0.1, -0.05) is 36.4 Å². The van der Waals surface area contributed by atoms with Gasteiger partial charge in [-0.05, 0) is 88.9 Å². The molecular formula is C36H42N4O2. The number of fused-ring (bicyclic) bond motifs is 4. The molecule has 0 radical (unpaired) electrons. The zero-order valence-corrected chi connectivity index (χ0v) is 24.6. The Morgan fingerprint density at radius 3 is 2.86 bits per heavy atom. The number of para-hydroxylation sites is 1. The van der Waals surface area contributed by atoms with E-state index in [0.717, 1.165) is 61.8 Å². The predicted molar refractivity (Wildman–Crippen MR) is 166 cm³/mol. The molecular weight excluding hydrogens is 520 g/mol. The second kappa shape index (κ2) is 9.60. The average Bonchev–Trinajstić information content (AvgIpc) is 3.65. The lowest BCUT2D eigenvalue weighted by atomic mass is 9.55. The summed E-state index contributed by atoms with van der Waals surface area (Å²) in [4.78, 5) is 27.4. The van der Waals surface area contributed by atoms with Crippen LogP contribution in [0.5, 0.6) is 0 Å². The summed E-state index contributed by atoms with van der Waals surface area (Å²) in [7, 11) is 0. The highest BCUT2D eigenvalue weighted by Crippen LogP contribution is 2.66. The first-order valence-electron chi connectivity index (χ1n) is 16.6. The molecule has 4 saturated heterocycles. The van der Waals surface area contributed by atoms with Gasteiger partial charge in [-0.3, -0.25) is 14.7 Å². The molecule has 42 heavy (non-hydrogen) atoms. The summed E-state index contributed by atoms with van der Waals surface area (Å²) < 4.78 is 7.54. The Balaban J connectivity index is 1.29. The van der Waals surface area contributed by atoms with E-state index in [1.165, 1.54) is 55.1 Å².